The lowest BCUT2D eigenvalue weighted by Crippen LogP contribution is -2.35. The zero-order valence-electron chi connectivity index (χ0n) is 19.9. The Morgan fingerprint density at radius 3 is 2.41 bits per heavy atom. The van der Waals surface area contributed by atoms with Gasteiger partial charge in [-0.1, -0.05) is 32.9 Å². The van der Waals surface area contributed by atoms with Crippen LogP contribution in [0.3, 0.4) is 0 Å². The molecular formula is C26H33NO5. The number of Topliss-reactive ketones (excluding diaryl/α,β-unsaturated/α-hetero) is 1. The summed E-state index contributed by atoms with van der Waals surface area (Å²) in [7, 11) is 0. The number of hydrogen-bond acceptors (Lipinski definition) is 6. The van der Waals surface area contributed by atoms with Gasteiger partial charge in [0.1, 0.15) is 13.2 Å². The average Bonchev–Trinajstić information content (AvgIpc) is 2.77. The van der Waals surface area contributed by atoms with Crippen LogP contribution in [0.15, 0.2) is 17.2 Å². The number of carbonyl (C=O) groups excluding carboxylic acids is 3. The number of cyclic esters (lactones) is 1. The molecule has 0 N–H and O–H groups in total. The number of allylic oxidation sites excluding steroid dienone is 2. The fourth-order valence-corrected chi connectivity index (χ4v) is 4.13. The minimum Gasteiger partial charge on any atom is -0.464 e. The van der Waals surface area contributed by atoms with Gasteiger partial charge in [0.2, 0.25) is 0 Å². The predicted octanol–water partition coefficient (Wildman–Crippen LogP) is 2.83. The van der Waals surface area contributed by atoms with E-state index < -0.39 is 5.92 Å². The summed E-state index contributed by atoms with van der Waals surface area (Å²) in [6.07, 6.45) is 8.25. The zero-order valence-corrected chi connectivity index (χ0v) is 19.9. The van der Waals surface area contributed by atoms with Gasteiger partial charge in [0.25, 0.3) is 6.47 Å². The fraction of sp³-hybridized carbons (Fsp3) is 0.462. The van der Waals surface area contributed by atoms with Crippen molar-refractivity contribution in [1.82, 2.24) is 4.98 Å². The number of rotatable bonds is 9. The van der Waals surface area contributed by atoms with Gasteiger partial charge in [0.15, 0.2) is 5.78 Å². The maximum absolute atomic E-state index is 12.2. The fourth-order valence-electron chi connectivity index (χ4n) is 4.13. The summed E-state index contributed by atoms with van der Waals surface area (Å²) in [6, 6.07) is 0. The van der Waals surface area contributed by atoms with Gasteiger partial charge >= 0.3 is 5.97 Å². The Labute approximate surface area is 189 Å². The molecule has 1 aliphatic heterocycles. The monoisotopic (exact) mass is 439 g/mol. The molecule has 2 rings (SSSR count). The van der Waals surface area contributed by atoms with Crippen molar-refractivity contribution in [3.8, 4) is 0 Å². The van der Waals surface area contributed by atoms with Crippen molar-refractivity contribution in [1.29, 1.82) is 0 Å². The Morgan fingerprint density at radius 1 is 1.16 bits per heavy atom. The number of hydrogen-bond donors (Lipinski definition) is 0. The Kier molecular flexibility index (Phi) is 9.12. The van der Waals surface area contributed by atoms with E-state index in [1.807, 2.05) is 26.0 Å². The van der Waals surface area contributed by atoms with Gasteiger partial charge in [-0.15, -0.1) is 0 Å². The van der Waals surface area contributed by atoms with Crippen LogP contribution in [0.5, 0.6) is 0 Å². The number of carbonyl (C=O) groups is 3. The number of pyridine rings is 1. The lowest BCUT2D eigenvalue weighted by atomic mass is 9.88. The standard InChI is InChI=1S/C26H33NO5/c1-7-10-24-21(11-12-31-15-28)19(8-2)20(9-3)25(27-24)16(4)13-22-17(5)26(30)32-14-23(22)18(6)29/h10-11,13,15,17H,7-9,12,14H2,1-6H3/b16-13+,21-11-,24-10+. The second kappa shape index (κ2) is 11.6. The van der Waals surface area contributed by atoms with E-state index in [-0.39, 0.29) is 25.0 Å². The van der Waals surface area contributed by atoms with E-state index in [9.17, 15) is 14.4 Å². The van der Waals surface area contributed by atoms with Crippen LogP contribution in [0.1, 0.15) is 64.8 Å². The number of ketones is 1. The lowest BCUT2D eigenvalue weighted by molar-refractivity contribution is -0.147. The molecule has 0 aromatic carbocycles. The van der Waals surface area contributed by atoms with Crippen LogP contribution in [-0.2, 0) is 36.7 Å². The largest absolute Gasteiger partial charge is 0.464 e. The van der Waals surface area contributed by atoms with Crippen LogP contribution in [-0.4, -0.2) is 36.4 Å². The van der Waals surface area contributed by atoms with Crippen LogP contribution in [0, 0.1) is 5.92 Å². The van der Waals surface area contributed by atoms with Gasteiger partial charge in [-0.2, -0.15) is 0 Å². The molecule has 1 aliphatic rings. The molecule has 32 heavy (non-hydrogen) atoms. The van der Waals surface area contributed by atoms with E-state index in [2.05, 4.69) is 19.9 Å². The molecule has 0 saturated heterocycles. The van der Waals surface area contributed by atoms with Gasteiger partial charge in [0, 0.05) is 10.8 Å². The van der Waals surface area contributed by atoms with Gasteiger partial charge in [-0.3, -0.25) is 14.4 Å². The molecule has 0 radical (unpaired) electrons. The van der Waals surface area contributed by atoms with Crippen LogP contribution >= 0.6 is 0 Å². The number of nitrogens with zero attached hydrogens (tertiary/aromatic N) is 1. The van der Waals surface area contributed by atoms with Crippen LogP contribution in [0.25, 0.3) is 17.7 Å². The maximum atomic E-state index is 12.2. The summed E-state index contributed by atoms with van der Waals surface area (Å²) in [4.78, 5) is 39.9. The van der Waals surface area contributed by atoms with E-state index in [0.717, 1.165) is 52.2 Å². The van der Waals surface area contributed by atoms with Crippen molar-refractivity contribution < 1.29 is 23.9 Å². The first-order valence-corrected chi connectivity index (χ1v) is 11.2. The highest BCUT2D eigenvalue weighted by Gasteiger charge is 2.29. The van der Waals surface area contributed by atoms with Crippen molar-refractivity contribution in [2.45, 2.75) is 60.8 Å². The molecule has 2 heterocycles. The van der Waals surface area contributed by atoms with Gasteiger partial charge in [0.05, 0.1) is 17.0 Å². The number of esters is 1. The molecule has 172 valence electrons. The van der Waals surface area contributed by atoms with Crippen LogP contribution in [0.4, 0.5) is 0 Å². The van der Waals surface area contributed by atoms with Crippen molar-refractivity contribution in [3.63, 3.8) is 0 Å². The highest BCUT2D eigenvalue weighted by atomic mass is 16.5. The summed E-state index contributed by atoms with van der Waals surface area (Å²) < 4.78 is 10.1. The zero-order chi connectivity index (χ0) is 23.8. The molecule has 0 fully saturated rings. The molecule has 0 amide bonds. The lowest BCUT2D eigenvalue weighted by Gasteiger charge is -2.23. The van der Waals surface area contributed by atoms with Gasteiger partial charge in [-0.05, 0) is 68.4 Å². The highest BCUT2D eigenvalue weighted by Crippen LogP contribution is 2.28. The van der Waals surface area contributed by atoms with Crippen molar-refractivity contribution in [2.24, 2.45) is 5.92 Å². The van der Waals surface area contributed by atoms with Gasteiger partial charge < -0.3 is 9.47 Å². The first-order chi connectivity index (χ1) is 15.3. The number of ether oxygens (including phenoxy) is 2. The maximum Gasteiger partial charge on any atom is 0.313 e. The quantitative estimate of drug-likeness (QED) is 0.334. The topological polar surface area (TPSA) is 82.6 Å². The Bertz CT molecular complexity index is 1080. The van der Waals surface area contributed by atoms with Crippen LogP contribution < -0.4 is 10.6 Å². The highest BCUT2D eigenvalue weighted by molar-refractivity contribution is 5.98. The summed E-state index contributed by atoms with van der Waals surface area (Å²) in [5.41, 5.74) is 5.26. The third kappa shape index (κ3) is 5.42. The smallest absolute Gasteiger partial charge is 0.313 e. The summed E-state index contributed by atoms with van der Waals surface area (Å²) in [5, 5.41) is 1.83. The third-order valence-electron chi connectivity index (χ3n) is 5.74. The molecule has 0 spiro atoms. The molecule has 1 atom stereocenters. The molecule has 1 aromatic rings. The Morgan fingerprint density at radius 2 is 1.84 bits per heavy atom. The summed E-state index contributed by atoms with van der Waals surface area (Å²) in [6.45, 7) is 12.1. The molecule has 0 saturated carbocycles. The van der Waals surface area contributed by atoms with Gasteiger partial charge in [-0.25, -0.2) is 4.98 Å². The molecule has 0 aliphatic carbocycles. The molecule has 0 bridgehead atoms. The van der Waals surface area contributed by atoms with E-state index in [1.165, 1.54) is 6.92 Å². The SMILES string of the molecule is CC/C=c1/nc(/C(C)=C/C2=C(C(C)=O)COC(=O)C2C)c(CC)c(CC)/c1=C/COC=O. The second-order valence-electron chi connectivity index (χ2n) is 7.82. The Hall–Kier alpha value is -3.02. The first-order valence-electron chi connectivity index (χ1n) is 11.2. The normalized spacial score (nSPS) is 18.1. The first kappa shape index (κ1) is 25.2. The van der Waals surface area contributed by atoms with E-state index >= 15 is 0 Å². The van der Waals surface area contributed by atoms with Crippen molar-refractivity contribution in [3.05, 3.63) is 44.6 Å². The summed E-state index contributed by atoms with van der Waals surface area (Å²) in [5.74, 6) is -0.934. The molecule has 1 aromatic heterocycles. The minimum absolute atomic E-state index is 0.00534. The number of aromatic nitrogens is 1. The van der Waals surface area contributed by atoms with E-state index in [4.69, 9.17) is 14.5 Å². The van der Waals surface area contributed by atoms with E-state index in [0.29, 0.717) is 17.6 Å². The van der Waals surface area contributed by atoms with Crippen LogP contribution in [0.2, 0.25) is 0 Å². The average molecular weight is 440 g/mol. The molecule has 1 unspecified atom stereocenters. The molecule has 6 heteroatoms. The van der Waals surface area contributed by atoms with Crippen molar-refractivity contribution >= 4 is 35.9 Å². The predicted molar refractivity (Wildman–Crippen MR) is 125 cm³/mol. The third-order valence-corrected chi connectivity index (χ3v) is 5.74. The molecular weight excluding hydrogens is 406 g/mol. The molecule has 6 nitrogen and oxygen atoms in total. The second-order valence-corrected chi connectivity index (χ2v) is 7.82. The minimum atomic E-state index is -0.511. The Balaban J connectivity index is 2.81. The van der Waals surface area contributed by atoms with Crippen molar-refractivity contribution in [2.75, 3.05) is 13.2 Å². The van der Waals surface area contributed by atoms with E-state index in [1.54, 1.807) is 6.92 Å². The summed E-state index contributed by atoms with van der Waals surface area (Å²) >= 11 is 0.